The Morgan fingerprint density at radius 1 is 1.29 bits per heavy atom. The lowest BCUT2D eigenvalue weighted by atomic mass is 9.82. The highest BCUT2D eigenvalue weighted by Crippen LogP contribution is 2.34. The van der Waals surface area contributed by atoms with Crippen LogP contribution in [0.25, 0.3) is 0 Å². The minimum absolute atomic E-state index is 0.0518. The van der Waals surface area contributed by atoms with E-state index in [0.29, 0.717) is 25.7 Å². The zero-order valence-electron chi connectivity index (χ0n) is 17.6. The van der Waals surface area contributed by atoms with Crippen LogP contribution >= 0.6 is 0 Å². The third-order valence-corrected chi connectivity index (χ3v) is 5.65. The SMILES string of the molecule is CCCC(C)(C)CC[C@H](O)/C=C/[C@H]1[C@H](O)CC(=O)[C@@H]1C/C=C\CCCC(=O)O. The second-order valence-electron chi connectivity index (χ2n) is 8.82. The van der Waals surface area contributed by atoms with Gasteiger partial charge in [0.2, 0.25) is 0 Å². The predicted octanol–water partition coefficient (Wildman–Crippen LogP) is 4.28. The number of carboxylic acids is 1. The minimum atomic E-state index is -0.802. The molecule has 1 saturated carbocycles. The van der Waals surface area contributed by atoms with Gasteiger partial charge in [0.05, 0.1) is 12.2 Å². The summed E-state index contributed by atoms with van der Waals surface area (Å²) in [4.78, 5) is 22.7. The molecule has 160 valence electrons. The first-order valence-corrected chi connectivity index (χ1v) is 10.6. The monoisotopic (exact) mass is 394 g/mol. The van der Waals surface area contributed by atoms with Gasteiger partial charge in [0, 0.05) is 24.7 Å². The highest BCUT2D eigenvalue weighted by molar-refractivity contribution is 5.84. The van der Waals surface area contributed by atoms with E-state index in [1.54, 1.807) is 6.08 Å². The summed E-state index contributed by atoms with van der Waals surface area (Å²) in [6, 6.07) is 0. The lowest BCUT2D eigenvalue weighted by Crippen LogP contribution is -2.19. The van der Waals surface area contributed by atoms with Crippen LogP contribution in [0.2, 0.25) is 0 Å². The molecule has 3 N–H and O–H groups in total. The molecule has 1 aliphatic rings. The van der Waals surface area contributed by atoms with E-state index >= 15 is 0 Å². The van der Waals surface area contributed by atoms with Crippen LogP contribution in [0.4, 0.5) is 0 Å². The summed E-state index contributed by atoms with van der Waals surface area (Å²) < 4.78 is 0. The van der Waals surface area contributed by atoms with Crippen molar-refractivity contribution in [2.24, 2.45) is 17.3 Å². The Bertz CT molecular complexity index is 549. The van der Waals surface area contributed by atoms with Crippen molar-refractivity contribution in [3.63, 3.8) is 0 Å². The van der Waals surface area contributed by atoms with Crippen LogP contribution in [0.3, 0.4) is 0 Å². The molecule has 0 bridgehead atoms. The maximum atomic E-state index is 12.2. The number of Topliss-reactive ketones (excluding diaryl/α,β-unsaturated/α-hetero) is 1. The largest absolute Gasteiger partial charge is 0.481 e. The molecule has 0 aromatic carbocycles. The van der Waals surface area contributed by atoms with Gasteiger partial charge >= 0.3 is 5.97 Å². The number of carboxylic acid groups (broad SMARTS) is 1. The summed E-state index contributed by atoms with van der Waals surface area (Å²) in [7, 11) is 0. The van der Waals surface area contributed by atoms with Gasteiger partial charge in [0.15, 0.2) is 0 Å². The molecular weight excluding hydrogens is 356 g/mol. The topological polar surface area (TPSA) is 94.8 Å². The average Bonchev–Trinajstić information content (AvgIpc) is 2.87. The van der Waals surface area contributed by atoms with E-state index in [4.69, 9.17) is 5.11 Å². The Hall–Kier alpha value is -1.46. The van der Waals surface area contributed by atoms with Crippen molar-refractivity contribution in [3.05, 3.63) is 24.3 Å². The number of hydrogen-bond donors (Lipinski definition) is 3. The standard InChI is InChI=1S/C23H38O5/c1-4-14-23(2,3)15-13-17(24)11-12-19-18(20(25)16-21(19)26)9-7-5-6-8-10-22(27)28/h5,7,11-12,17-19,21,24,26H,4,6,8-10,13-16H2,1-3H3,(H,27,28)/b7-5-,12-11+/t17-,18-,19-,21-/m1/s1. The number of unbranched alkanes of at least 4 members (excludes halogenated alkanes) is 1. The van der Waals surface area contributed by atoms with Crippen LogP contribution in [-0.2, 0) is 9.59 Å². The molecule has 0 aliphatic heterocycles. The van der Waals surface area contributed by atoms with Crippen molar-refractivity contribution in [2.75, 3.05) is 0 Å². The molecule has 0 unspecified atom stereocenters. The summed E-state index contributed by atoms with van der Waals surface area (Å²) in [5.74, 6) is -1.29. The molecule has 1 aliphatic carbocycles. The van der Waals surface area contributed by atoms with E-state index in [2.05, 4.69) is 20.8 Å². The average molecular weight is 395 g/mol. The number of carbonyl (C=O) groups is 2. The van der Waals surface area contributed by atoms with E-state index in [1.165, 1.54) is 0 Å². The van der Waals surface area contributed by atoms with Gasteiger partial charge < -0.3 is 15.3 Å². The molecular formula is C23H38O5. The minimum Gasteiger partial charge on any atom is -0.481 e. The lowest BCUT2D eigenvalue weighted by Gasteiger charge is -2.24. The fraction of sp³-hybridized carbons (Fsp3) is 0.739. The summed E-state index contributed by atoms with van der Waals surface area (Å²) in [5, 5.41) is 29.1. The molecule has 0 aromatic heterocycles. The number of carbonyl (C=O) groups excluding carboxylic acids is 1. The number of aliphatic hydroxyl groups excluding tert-OH is 2. The van der Waals surface area contributed by atoms with Crippen molar-refractivity contribution in [2.45, 2.75) is 90.8 Å². The fourth-order valence-corrected chi connectivity index (χ4v) is 3.95. The third-order valence-electron chi connectivity index (χ3n) is 5.65. The van der Waals surface area contributed by atoms with Gasteiger partial charge in [-0.3, -0.25) is 9.59 Å². The number of hydrogen-bond acceptors (Lipinski definition) is 4. The number of ketones is 1. The highest BCUT2D eigenvalue weighted by Gasteiger charge is 2.39. The van der Waals surface area contributed by atoms with Crippen molar-refractivity contribution >= 4 is 11.8 Å². The number of allylic oxidation sites excluding steroid dienone is 2. The molecule has 5 nitrogen and oxygen atoms in total. The van der Waals surface area contributed by atoms with E-state index in [-0.39, 0.29) is 35.9 Å². The summed E-state index contributed by atoms with van der Waals surface area (Å²) in [5.41, 5.74) is 0.209. The molecule has 0 radical (unpaired) electrons. The van der Waals surface area contributed by atoms with Crippen LogP contribution in [0.5, 0.6) is 0 Å². The van der Waals surface area contributed by atoms with Crippen LogP contribution in [0.15, 0.2) is 24.3 Å². The van der Waals surface area contributed by atoms with E-state index in [1.807, 2.05) is 18.2 Å². The highest BCUT2D eigenvalue weighted by atomic mass is 16.4. The maximum Gasteiger partial charge on any atom is 0.303 e. The predicted molar refractivity (Wildman–Crippen MR) is 111 cm³/mol. The van der Waals surface area contributed by atoms with Crippen LogP contribution < -0.4 is 0 Å². The van der Waals surface area contributed by atoms with Crippen LogP contribution in [-0.4, -0.2) is 39.3 Å². The Morgan fingerprint density at radius 2 is 2.00 bits per heavy atom. The van der Waals surface area contributed by atoms with Gasteiger partial charge in [0.25, 0.3) is 0 Å². The maximum absolute atomic E-state index is 12.2. The van der Waals surface area contributed by atoms with Crippen molar-refractivity contribution in [3.8, 4) is 0 Å². The first-order chi connectivity index (χ1) is 13.2. The summed E-state index contributed by atoms with van der Waals surface area (Å²) in [6.45, 7) is 6.59. The first-order valence-electron chi connectivity index (χ1n) is 10.6. The van der Waals surface area contributed by atoms with Gasteiger partial charge in [-0.2, -0.15) is 0 Å². The molecule has 4 atom stereocenters. The van der Waals surface area contributed by atoms with Gasteiger partial charge in [-0.05, 0) is 43.9 Å². The van der Waals surface area contributed by atoms with Crippen molar-refractivity contribution in [1.82, 2.24) is 0 Å². The number of aliphatic carboxylic acids is 1. The van der Waals surface area contributed by atoms with E-state index in [9.17, 15) is 19.8 Å². The number of rotatable bonds is 13. The zero-order valence-corrected chi connectivity index (χ0v) is 17.6. The summed E-state index contributed by atoms with van der Waals surface area (Å²) >= 11 is 0. The molecule has 0 aromatic rings. The molecule has 1 fully saturated rings. The van der Waals surface area contributed by atoms with Gasteiger partial charge in [-0.1, -0.05) is 51.5 Å². The van der Waals surface area contributed by atoms with Crippen molar-refractivity contribution < 1.29 is 24.9 Å². The number of aliphatic hydroxyl groups is 2. The van der Waals surface area contributed by atoms with Gasteiger partial charge in [-0.15, -0.1) is 0 Å². The summed E-state index contributed by atoms with van der Waals surface area (Å²) in [6.07, 6.45) is 12.1. The van der Waals surface area contributed by atoms with Crippen molar-refractivity contribution in [1.29, 1.82) is 0 Å². The molecule has 0 amide bonds. The molecule has 5 heteroatoms. The Labute approximate surface area is 169 Å². The zero-order chi connectivity index (χ0) is 21.2. The Morgan fingerprint density at radius 3 is 2.64 bits per heavy atom. The molecule has 0 spiro atoms. The van der Waals surface area contributed by atoms with E-state index < -0.39 is 18.2 Å². The van der Waals surface area contributed by atoms with Gasteiger partial charge in [-0.25, -0.2) is 0 Å². The molecule has 1 rings (SSSR count). The first kappa shape index (κ1) is 24.6. The second kappa shape index (κ2) is 12.2. The Kier molecular flexibility index (Phi) is 10.7. The normalized spacial score (nSPS) is 24.5. The Balaban J connectivity index is 2.53. The quantitative estimate of drug-likeness (QED) is 0.320. The van der Waals surface area contributed by atoms with E-state index in [0.717, 1.165) is 19.3 Å². The second-order valence-corrected chi connectivity index (χ2v) is 8.82. The fourth-order valence-electron chi connectivity index (χ4n) is 3.95. The molecule has 0 saturated heterocycles. The van der Waals surface area contributed by atoms with Gasteiger partial charge in [0.1, 0.15) is 5.78 Å². The van der Waals surface area contributed by atoms with Crippen LogP contribution in [0.1, 0.15) is 78.6 Å². The lowest BCUT2D eigenvalue weighted by molar-refractivity contribution is -0.137. The smallest absolute Gasteiger partial charge is 0.303 e. The molecule has 28 heavy (non-hydrogen) atoms. The van der Waals surface area contributed by atoms with Crippen LogP contribution in [0, 0.1) is 17.3 Å². The third kappa shape index (κ3) is 9.16. The molecule has 0 heterocycles.